The maximum absolute atomic E-state index is 12.6. The minimum atomic E-state index is -3.57. The molecule has 1 saturated heterocycles. The Labute approximate surface area is 113 Å². The van der Waals surface area contributed by atoms with Crippen LogP contribution in [0, 0.1) is 0 Å². The number of methoxy groups -OCH3 is 2. The first kappa shape index (κ1) is 14.4. The SMILES string of the molecule is COC[C@@H]1C[C@H](OC)CN1S(=O)(=O)c1ccnn1C. The minimum absolute atomic E-state index is 0.0943. The van der Waals surface area contributed by atoms with Crippen LogP contribution in [0.1, 0.15) is 6.42 Å². The van der Waals surface area contributed by atoms with Gasteiger partial charge in [0.25, 0.3) is 10.0 Å². The van der Waals surface area contributed by atoms with Crippen LogP contribution in [-0.4, -0.2) is 62.0 Å². The lowest BCUT2D eigenvalue weighted by Crippen LogP contribution is -2.39. The fraction of sp³-hybridized carbons (Fsp3) is 0.727. The topological polar surface area (TPSA) is 73.7 Å². The molecule has 0 aromatic carbocycles. The van der Waals surface area contributed by atoms with Gasteiger partial charge in [-0.1, -0.05) is 0 Å². The number of hydrogen-bond acceptors (Lipinski definition) is 5. The van der Waals surface area contributed by atoms with Crippen LogP contribution in [0.4, 0.5) is 0 Å². The summed E-state index contributed by atoms with van der Waals surface area (Å²) < 4.78 is 38.4. The molecule has 0 spiro atoms. The first-order valence-corrected chi connectivity index (χ1v) is 7.46. The van der Waals surface area contributed by atoms with Gasteiger partial charge in [0.05, 0.1) is 24.9 Å². The van der Waals surface area contributed by atoms with Crippen LogP contribution in [0.3, 0.4) is 0 Å². The Morgan fingerprint density at radius 2 is 2.21 bits per heavy atom. The molecule has 0 aliphatic carbocycles. The van der Waals surface area contributed by atoms with Crippen LogP contribution < -0.4 is 0 Å². The lowest BCUT2D eigenvalue weighted by atomic mass is 10.2. The fourth-order valence-electron chi connectivity index (χ4n) is 2.39. The number of ether oxygens (including phenoxy) is 2. The van der Waals surface area contributed by atoms with Gasteiger partial charge in [0.2, 0.25) is 0 Å². The zero-order valence-corrected chi connectivity index (χ0v) is 12.1. The molecule has 0 unspecified atom stereocenters. The van der Waals surface area contributed by atoms with Gasteiger partial charge in [0, 0.05) is 27.8 Å². The van der Waals surface area contributed by atoms with Crippen LogP contribution in [0.15, 0.2) is 17.3 Å². The highest BCUT2D eigenvalue weighted by atomic mass is 32.2. The normalized spacial score (nSPS) is 25.0. The van der Waals surface area contributed by atoms with Crippen molar-refractivity contribution in [2.75, 3.05) is 27.4 Å². The Morgan fingerprint density at radius 1 is 1.47 bits per heavy atom. The van der Waals surface area contributed by atoms with Gasteiger partial charge in [-0.05, 0) is 12.5 Å². The van der Waals surface area contributed by atoms with Gasteiger partial charge in [0.1, 0.15) is 0 Å². The second-order valence-corrected chi connectivity index (χ2v) is 6.41. The summed E-state index contributed by atoms with van der Waals surface area (Å²) in [7, 11) is 1.20. The van der Waals surface area contributed by atoms with E-state index in [1.807, 2.05) is 0 Å². The standard InChI is InChI=1S/C11H19N3O4S/c1-13-11(4-5-12-13)19(15,16)14-7-10(18-3)6-9(14)8-17-2/h4-5,9-10H,6-8H2,1-3H3/t9-,10-/m0/s1. The van der Waals surface area contributed by atoms with Crippen molar-refractivity contribution in [3.05, 3.63) is 12.3 Å². The molecular formula is C11H19N3O4S. The molecule has 1 aliphatic rings. The average Bonchev–Trinajstić information content (AvgIpc) is 2.96. The smallest absolute Gasteiger partial charge is 0.260 e. The summed E-state index contributed by atoms with van der Waals surface area (Å²) in [4.78, 5) is 0. The molecule has 0 saturated carbocycles. The lowest BCUT2D eigenvalue weighted by molar-refractivity contribution is 0.110. The van der Waals surface area contributed by atoms with Crippen LogP contribution >= 0.6 is 0 Å². The molecule has 0 amide bonds. The minimum Gasteiger partial charge on any atom is -0.383 e. The van der Waals surface area contributed by atoms with Crippen molar-refractivity contribution in [3.8, 4) is 0 Å². The second kappa shape index (κ2) is 5.58. The number of sulfonamides is 1. The van der Waals surface area contributed by atoms with E-state index in [1.165, 1.54) is 21.3 Å². The molecule has 0 bridgehead atoms. The summed E-state index contributed by atoms with van der Waals surface area (Å²) in [5, 5.41) is 4.10. The van der Waals surface area contributed by atoms with Crippen molar-refractivity contribution < 1.29 is 17.9 Å². The molecule has 0 N–H and O–H groups in total. The molecule has 1 fully saturated rings. The molecule has 19 heavy (non-hydrogen) atoms. The Hall–Kier alpha value is -0.960. The maximum atomic E-state index is 12.6. The van der Waals surface area contributed by atoms with E-state index < -0.39 is 10.0 Å². The fourth-order valence-corrected chi connectivity index (χ4v) is 4.15. The summed E-state index contributed by atoms with van der Waals surface area (Å²) in [6.45, 7) is 0.703. The first-order valence-electron chi connectivity index (χ1n) is 6.02. The Balaban J connectivity index is 2.30. The molecule has 1 aromatic heterocycles. The van der Waals surface area contributed by atoms with E-state index >= 15 is 0 Å². The van der Waals surface area contributed by atoms with Gasteiger partial charge in [-0.2, -0.15) is 9.40 Å². The second-order valence-electron chi connectivity index (χ2n) is 4.57. The van der Waals surface area contributed by atoms with E-state index in [1.54, 1.807) is 21.3 Å². The molecule has 108 valence electrons. The van der Waals surface area contributed by atoms with Crippen LogP contribution in [0.25, 0.3) is 0 Å². The monoisotopic (exact) mass is 289 g/mol. The summed E-state index contributed by atoms with van der Waals surface area (Å²) in [5.41, 5.74) is 0. The first-order chi connectivity index (χ1) is 9.00. The zero-order valence-electron chi connectivity index (χ0n) is 11.3. The van der Waals surface area contributed by atoms with Crippen molar-refractivity contribution in [1.82, 2.24) is 14.1 Å². The zero-order chi connectivity index (χ0) is 14.0. The molecule has 8 heteroatoms. The summed E-state index contributed by atoms with van der Waals surface area (Å²) in [5.74, 6) is 0. The van der Waals surface area contributed by atoms with E-state index in [9.17, 15) is 8.42 Å². The molecule has 1 aliphatic heterocycles. The van der Waals surface area contributed by atoms with Gasteiger partial charge in [0.15, 0.2) is 5.03 Å². The van der Waals surface area contributed by atoms with Crippen molar-refractivity contribution in [1.29, 1.82) is 0 Å². The maximum Gasteiger partial charge on any atom is 0.260 e. The van der Waals surface area contributed by atoms with Gasteiger partial charge in [-0.3, -0.25) is 4.68 Å². The van der Waals surface area contributed by atoms with Crippen molar-refractivity contribution in [3.63, 3.8) is 0 Å². The van der Waals surface area contributed by atoms with Gasteiger partial charge >= 0.3 is 0 Å². The largest absolute Gasteiger partial charge is 0.383 e. The van der Waals surface area contributed by atoms with Crippen molar-refractivity contribution in [2.24, 2.45) is 7.05 Å². The third kappa shape index (κ3) is 2.66. The third-order valence-corrected chi connectivity index (χ3v) is 5.36. The van der Waals surface area contributed by atoms with Gasteiger partial charge in [-0.15, -0.1) is 0 Å². The summed E-state index contributed by atoms with van der Waals surface area (Å²) >= 11 is 0. The molecule has 2 heterocycles. The number of hydrogen-bond donors (Lipinski definition) is 0. The highest BCUT2D eigenvalue weighted by molar-refractivity contribution is 7.89. The molecule has 7 nitrogen and oxygen atoms in total. The predicted molar refractivity (Wildman–Crippen MR) is 68.2 cm³/mol. The van der Waals surface area contributed by atoms with Crippen LogP contribution in [-0.2, 0) is 26.5 Å². The van der Waals surface area contributed by atoms with E-state index in [4.69, 9.17) is 9.47 Å². The third-order valence-electron chi connectivity index (χ3n) is 3.37. The Bertz CT molecular complexity index is 528. The van der Waals surface area contributed by atoms with Crippen molar-refractivity contribution in [2.45, 2.75) is 23.6 Å². The molecule has 2 rings (SSSR count). The highest BCUT2D eigenvalue weighted by Crippen LogP contribution is 2.27. The Morgan fingerprint density at radius 3 is 2.74 bits per heavy atom. The quantitative estimate of drug-likeness (QED) is 0.753. The summed E-state index contributed by atoms with van der Waals surface area (Å²) in [6.07, 6.45) is 2.02. The summed E-state index contributed by atoms with van der Waals surface area (Å²) in [6, 6.07) is 1.30. The van der Waals surface area contributed by atoms with Gasteiger partial charge < -0.3 is 9.47 Å². The Kier molecular flexibility index (Phi) is 4.24. The number of rotatable bonds is 5. The van der Waals surface area contributed by atoms with Crippen molar-refractivity contribution >= 4 is 10.0 Å². The number of aromatic nitrogens is 2. The molecule has 0 radical (unpaired) electrons. The van der Waals surface area contributed by atoms with E-state index in [2.05, 4.69) is 5.10 Å². The van der Waals surface area contributed by atoms with E-state index in [0.717, 1.165) is 0 Å². The average molecular weight is 289 g/mol. The van der Waals surface area contributed by atoms with Crippen LogP contribution in [0.2, 0.25) is 0 Å². The van der Waals surface area contributed by atoms with E-state index in [-0.39, 0.29) is 17.2 Å². The van der Waals surface area contributed by atoms with Crippen LogP contribution in [0.5, 0.6) is 0 Å². The molecular weight excluding hydrogens is 270 g/mol. The van der Waals surface area contributed by atoms with Gasteiger partial charge in [-0.25, -0.2) is 8.42 Å². The predicted octanol–water partition coefficient (Wildman–Crippen LogP) is -0.155. The van der Waals surface area contributed by atoms with E-state index in [0.29, 0.717) is 19.6 Å². The molecule has 1 aromatic rings. The molecule has 2 atom stereocenters. The highest BCUT2D eigenvalue weighted by Gasteiger charge is 2.41. The number of aryl methyl sites for hydroxylation is 1. The number of nitrogens with zero attached hydrogens (tertiary/aromatic N) is 3. The lowest BCUT2D eigenvalue weighted by Gasteiger charge is -2.22.